The predicted octanol–water partition coefficient (Wildman–Crippen LogP) is 3.06. The number of imidazole rings is 1. The molecule has 0 bridgehead atoms. The zero-order chi connectivity index (χ0) is 16.6. The predicted molar refractivity (Wildman–Crippen MR) is 86.6 cm³/mol. The monoisotopic (exact) mass is 311 g/mol. The molecular weight excluding hydrogens is 294 g/mol. The number of pyridine rings is 1. The van der Waals surface area contributed by atoms with Gasteiger partial charge in [-0.05, 0) is 37.6 Å². The molecule has 6 heteroatoms. The van der Waals surface area contributed by atoms with Crippen LogP contribution in [-0.4, -0.2) is 32.7 Å². The number of methoxy groups -OCH3 is 1. The minimum absolute atomic E-state index is 0.533. The third-order valence-electron chi connectivity index (χ3n) is 3.76. The lowest BCUT2D eigenvalue weighted by Crippen LogP contribution is -2.17. The van der Waals surface area contributed by atoms with E-state index < -0.39 is 12.0 Å². The van der Waals surface area contributed by atoms with Crippen molar-refractivity contribution in [3.8, 4) is 17.1 Å². The molecule has 0 aliphatic carbocycles. The zero-order valence-electron chi connectivity index (χ0n) is 13.1. The van der Waals surface area contributed by atoms with Crippen LogP contribution in [0.4, 0.5) is 0 Å². The molecule has 1 atom stereocenters. The Balaban J connectivity index is 2.35. The lowest BCUT2D eigenvalue weighted by atomic mass is 10.1. The van der Waals surface area contributed by atoms with Crippen molar-refractivity contribution < 1.29 is 14.6 Å². The molecule has 23 heavy (non-hydrogen) atoms. The van der Waals surface area contributed by atoms with Gasteiger partial charge in [-0.15, -0.1) is 0 Å². The highest BCUT2D eigenvalue weighted by Crippen LogP contribution is 2.33. The number of carboxylic acids is 1. The number of aliphatic carboxylic acids is 1. The molecular formula is C17H17N3O3. The van der Waals surface area contributed by atoms with Crippen LogP contribution in [0.5, 0.6) is 5.75 Å². The maximum Gasteiger partial charge on any atom is 0.326 e. The van der Waals surface area contributed by atoms with Gasteiger partial charge in [-0.3, -0.25) is 4.57 Å². The minimum atomic E-state index is -0.942. The molecule has 3 aromatic rings. The molecule has 6 nitrogen and oxygen atoms in total. The number of nitrogens with zero attached hydrogens (tertiary/aromatic N) is 3. The third-order valence-corrected chi connectivity index (χ3v) is 3.76. The van der Waals surface area contributed by atoms with Gasteiger partial charge in [-0.1, -0.05) is 12.1 Å². The highest BCUT2D eigenvalue weighted by molar-refractivity contribution is 5.83. The molecule has 1 unspecified atom stereocenters. The van der Waals surface area contributed by atoms with E-state index >= 15 is 0 Å². The average Bonchev–Trinajstić information content (AvgIpc) is 2.91. The number of hydrogen-bond donors (Lipinski definition) is 1. The Kier molecular flexibility index (Phi) is 3.73. The van der Waals surface area contributed by atoms with Crippen molar-refractivity contribution in [3.63, 3.8) is 0 Å². The fraction of sp³-hybridized carbons (Fsp3) is 0.235. The number of fused-ring (bicyclic) bond motifs is 1. The fourth-order valence-electron chi connectivity index (χ4n) is 2.58. The van der Waals surface area contributed by atoms with Crippen molar-refractivity contribution in [1.29, 1.82) is 0 Å². The number of aromatic nitrogens is 3. The molecule has 0 fully saturated rings. The highest BCUT2D eigenvalue weighted by Gasteiger charge is 2.24. The van der Waals surface area contributed by atoms with E-state index in [-0.39, 0.29) is 0 Å². The molecule has 1 aromatic carbocycles. The quantitative estimate of drug-likeness (QED) is 0.801. The number of aryl methyl sites for hydroxylation is 1. The van der Waals surface area contributed by atoms with Crippen LogP contribution in [0.3, 0.4) is 0 Å². The number of benzene rings is 1. The molecule has 2 heterocycles. The van der Waals surface area contributed by atoms with Crippen molar-refractivity contribution in [1.82, 2.24) is 14.5 Å². The van der Waals surface area contributed by atoms with E-state index in [1.54, 1.807) is 24.8 Å². The summed E-state index contributed by atoms with van der Waals surface area (Å²) in [6, 6.07) is 8.51. The van der Waals surface area contributed by atoms with E-state index in [0.717, 1.165) is 11.1 Å². The normalized spacial score (nSPS) is 12.3. The molecule has 0 aliphatic heterocycles. The summed E-state index contributed by atoms with van der Waals surface area (Å²) in [5, 5.41) is 9.46. The maximum atomic E-state index is 11.5. The van der Waals surface area contributed by atoms with E-state index in [1.165, 1.54) is 0 Å². The molecule has 0 aliphatic rings. The second-order valence-corrected chi connectivity index (χ2v) is 5.38. The minimum Gasteiger partial charge on any atom is -0.496 e. The van der Waals surface area contributed by atoms with Crippen molar-refractivity contribution in [3.05, 3.63) is 42.1 Å². The van der Waals surface area contributed by atoms with Crippen LogP contribution in [0, 0.1) is 6.92 Å². The summed E-state index contributed by atoms with van der Waals surface area (Å²) in [5.74, 6) is 0.228. The van der Waals surface area contributed by atoms with Crippen molar-refractivity contribution in [2.75, 3.05) is 7.11 Å². The van der Waals surface area contributed by atoms with E-state index in [9.17, 15) is 9.90 Å². The largest absolute Gasteiger partial charge is 0.496 e. The summed E-state index contributed by atoms with van der Waals surface area (Å²) in [4.78, 5) is 20.5. The SMILES string of the molecule is COc1ccccc1-c1nc2cc(C)cnc2n1C(C)C(=O)O. The molecule has 0 spiro atoms. The summed E-state index contributed by atoms with van der Waals surface area (Å²) in [6.45, 7) is 3.54. The summed E-state index contributed by atoms with van der Waals surface area (Å²) in [6.07, 6.45) is 1.71. The summed E-state index contributed by atoms with van der Waals surface area (Å²) >= 11 is 0. The molecule has 0 amide bonds. The van der Waals surface area contributed by atoms with Gasteiger partial charge in [0.2, 0.25) is 0 Å². The Labute approximate surface area is 133 Å². The van der Waals surface area contributed by atoms with Gasteiger partial charge in [0.05, 0.1) is 12.7 Å². The summed E-state index contributed by atoms with van der Waals surface area (Å²) in [5.41, 5.74) is 2.92. The molecule has 0 saturated heterocycles. The van der Waals surface area contributed by atoms with Gasteiger partial charge >= 0.3 is 5.97 Å². The van der Waals surface area contributed by atoms with E-state index in [0.29, 0.717) is 22.7 Å². The Bertz CT molecular complexity index is 886. The Hall–Kier alpha value is -2.89. The van der Waals surface area contributed by atoms with Gasteiger partial charge in [0.15, 0.2) is 5.65 Å². The average molecular weight is 311 g/mol. The van der Waals surface area contributed by atoms with Gasteiger partial charge < -0.3 is 9.84 Å². The first-order chi connectivity index (χ1) is 11.0. The van der Waals surface area contributed by atoms with E-state index in [4.69, 9.17) is 4.74 Å². The third kappa shape index (κ3) is 2.52. The van der Waals surface area contributed by atoms with Crippen molar-refractivity contribution in [2.45, 2.75) is 19.9 Å². The lowest BCUT2D eigenvalue weighted by molar-refractivity contribution is -0.140. The fourth-order valence-corrected chi connectivity index (χ4v) is 2.58. The van der Waals surface area contributed by atoms with E-state index in [2.05, 4.69) is 9.97 Å². The van der Waals surface area contributed by atoms with Crippen molar-refractivity contribution >= 4 is 17.1 Å². The molecule has 1 N–H and O–H groups in total. The molecule has 0 saturated carbocycles. The number of carboxylic acid groups (broad SMARTS) is 1. The number of para-hydroxylation sites is 1. The number of hydrogen-bond acceptors (Lipinski definition) is 4. The zero-order valence-corrected chi connectivity index (χ0v) is 13.1. The second-order valence-electron chi connectivity index (χ2n) is 5.38. The van der Waals surface area contributed by atoms with Crippen LogP contribution in [0.1, 0.15) is 18.5 Å². The number of ether oxygens (including phenoxy) is 1. The number of rotatable bonds is 4. The van der Waals surface area contributed by atoms with Crippen LogP contribution in [-0.2, 0) is 4.79 Å². The first kappa shape index (κ1) is 15.0. The Morgan fingerprint density at radius 1 is 1.35 bits per heavy atom. The first-order valence-corrected chi connectivity index (χ1v) is 7.23. The standard InChI is InChI=1S/C17H17N3O3/c1-10-8-13-16(18-9-10)20(11(2)17(21)22)15(19-13)12-6-4-5-7-14(12)23-3/h4-9,11H,1-3H3,(H,21,22). The van der Waals surface area contributed by atoms with Crippen LogP contribution < -0.4 is 4.74 Å². The molecule has 2 aromatic heterocycles. The van der Waals surface area contributed by atoms with Gasteiger partial charge in [0, 0.05) is 6.20 Å². The van der Waals surface area contributed by atoms with Crippen molar-refractivity contribution in [2.24, 2.45) is 0 Å². The second kappa shape index (κ2) is 5.72. The van der Waals surface area contributed by atoms with Gasteiger partial charge in [-0.25, -0.2) is 14.8 Å². The maximum absolute atomic E-state index is 11.5. The lowest BCUT2D eigenvalue weighted by Gasteiger charge is -2.14. The smallest absolute Gasteiger partial charge is 0.326 e. The Morgan fingerprint density at radius 3 is 2.78 bits per heavy atom. The molecule has 3 rings (SSSR count). The van der Waals surface area contributed by atoms with Gasteiger partial charge in [-0.2, -0.15) is 0 Å². The highest BCUT2D eigenvalue weighted by atomic mass is 16.5. The van der Waals surface area contributed by atoms with Gasteiger partial charge in [0.25, 0.3) is 0 Å². The number of carbonyl (C=O) groups is 1. The van der Waals surface area contributed by atoms with Crippen LogP contribution in [0.2, 0.25) is 0 Å². The Morgan fingerprint density at radius 2 is 2.09 bits per heavy atom. The summed E-state index contributed by atoms with van der Waals surface area (Å²) < 4.78 is 7.03. The van der Waals surface area contributed by atoms with Crippen LogP contribution in [0.25, 0.3) is 22.6 Å². The topological polar surface area (TPSA) is 77.2 Å². The molecule has 118 valence electrons. The summed E-state index contributed by atoms with van der Waals surface area (Å²) in [7, 11) is 1.58. The first-order valence-electron chi connectivity index (χ1n) is 7.23. The van der Waals surface area contributed by atoms with Gasteiger partial charge in [0.1, 0.15) is 23.1 Å². The van der Waals surface area contributed by atoms with E-state index in [1.807, 2.05) is 37.3 Å². The van der Waals surface area contributed by atoms with Crippen LogP contribution in [0.15, 0.2) is 36.5 Å². The molecule has 0 radical (unpaired) electrons. The van der Waals surface area contributed by atoms with Crippen LogP contribution >= 0.6 is 0 Å².